The van der Waals surface area contributed by atoms with E-state index < -0.39 is 23.2 Å². The molecule has 0 unspecified atom stereocenters. The average molecular weight is 266 g/mol. The van der Waals surface area contributed by atoms with Gasteiger partial charge < -0.3 is 14.7 Å². The van der Waals surface area contributed by atoms with Gasteiger partial charge in [-0.25, -0.2) is 19.4 Å². The molecule has 10 heteroatoms. The van der Waals surface area contributed by atoms with Gasteiger partial charge in [-0.15, -0.1) is 0 Å². The van der Waals surface area contributed by atoms with Gasteiger partial charge in [-0.1, -0.05) is 9.46 Å². The summed E-state index contributed by atoms with van der Waals surface area (Å²) >= 11 is 0. The molecule has 2 bridgehead atoms. The zero-order valence-electron chi connectivity index (χ0n) is 9.28. The Balaban J connectivity index is 2.41. The maximum absolute atomic E-state index is 11.9. The van der Waals surface area contributed by atoms with Crippen LogP contribution in [0.15, 0.2) is 15.9 Å². The fraction of sp³-hybridized carbons (Fsp3) is 0.222. The molecule has 0 aromatic carbocycles. The third-order valence-electron chi connectivity index (χ3n) is 2.48. The van der Waals surface area contributed by atoms with Crippen LogP contribution < -0.4 is 20.9 Å². The molecule has 1 N–H and O–H groups in total. The van der Waals surface area contributed by atoms with Crippen molar-refractivity contribution in [3.8, 4) is 0 Å². The zero-order chi connectivity index (χ0) is 13.6. The lowest BCUT2D eigenvalue weighted by Crippen LogP contribution is -2.46. The van der Waals surface area contributed by atoms with Crippen molar-refractivity contribution in [1.82, 2.24) is 19.4 Å². The van der Waals surface area contributed by atoms with Gasteiger partial charge in [-0.3, -0.25) is 4.79 Å². The first-order chi connectivity index (χ1) is 9.08. The first kappa shape index (κ1) is 11.2. The van der Waals surface area contributed by atoms with E-state index in [1.54, 1.807) is 0 Å². The van der Waals surface area contributed by atoms with E-state index in [0.29, 0.717) is 4.73 Å². The standard InChI is InChI=1S/C9H6N4O6/c14-4-1-2-5(15)19-13-8(16)6-7(11-3-10-6)12(18-4)9(13)17/h3H,1-2H2,(H,10,11). The number of hydrogen-bond donors (Lipinski definition) is 1. The normalized spacial score (nSPS) is 15.4. The predicted octanol–water partition coefficient (Wildman–Crippen LogP) is -2.41. The first-order valence-corrected chi connectivity index (χ1v) is 5.21. The molecule has 0 saturated heterocycles. The molecule has 0 saturated carbocycles. The van der Waals surface area contributed by atoms with Gasteiger partial charge >= 0.3 is 23.2 Å². The van der Waals surface area contributed by atoms with Gasteiger partial charge in [0.15, 0.2) is 5.52 Å². The second-order valence-electron chi connectivity index (χ2n) is 3.70. The van der Waals surface area contributed by atoms with Crippen LogP contribution in [-0.2, 0) is 9.59 Å². The average Bonchev–Trinajstić information content (AvgIpc) is 2.86. The fourth-order valence-electron chi connectivity index (χ4n) is 1.62. The Morgan fingerprint density at radius 1 is 1.05 bits per heavy atom. The molecule has 2 aromatic heterocycles. The highest BCUT2D eigenvalue weighted by atomic mass is 16.7. The summed E-state index contributed by atoms with van der Waals surface area (Å²) < 4.78 is 0.732. The van der Waals surface area contributed by atoms with E-state index in [9.17, 15) is 19.2 Å². The van der Waals surface area contributed by atoms with Crippen molar-refractivity contribution in [3.05, 3.63) is 27.2 Å². The second kappa shape index (κ2) is 3.80. The van der Waals surface area contributed by atoms with Crippen LogP contribution in [-0.4, -0.2) is 31.4 Å². The van der Waals surface area contributed by atoms with Crippen LogP contribution in [0.25, 0.3) is 11.2 Å². The lowest BCUT2D eigenvalue weighted by molar-refractivity contribution is -0.148. The molecule has 1 aliphatic heterocycles. The Hall–Kier alpha value is -2.91. The fourth-order valence-corrected chi connectivity index (χ4v) is 1.62. The topological polar surface area (TPSA) is 125 Å². The Kier molecular flexibility index (Phi) is 2.24. The molecule has 2 aromatic rings. The van der Waals surface area contributed by atoms with Gasteiger partial charge in [0.25, 0.3) is 0 Å². The molecule has 0 fully saturated rings. The van der Waals surface area contributed by atoms with Gasteiger partial charge in [0.2, 0.25) is 5.65 Å². The molecule has 3 heterocycles. The van der Waals surface area contributed by atoms with Crippen LogP contribution >= 0.6 is 0 Å². The monoisotopic (exact) mass is 266 g/mol. The summed E-state index contributed by atoms with van der Waals surface area (Å²) in [5.41, 5.74) is -2.28. The van der Waals surface area contributed by atoms with Gasteiger partial charge in [0, 0.05) is 0 Å². The number of carbonyl (C=O) groups excluding carboxylic acids is 2. The molecule has 0 spiro atoms. The number of rotatable bonds is 0. The SMILES string of the molecule is O=C1CCC(=O)On2c(=O)n(c(=O)c3[nH]cnc32)O1. The lowest BCUT2D eigenvalue weighted by atomic mass is 10.3. The number of carbonyl (C=O) groups is 2. The summed E-state index contributed by atoms with van der Waals surface area (Å²) in [6.45, 7) is 0. The van der Waals surface area contributed by atoms with Crippen molar-refractivity contribution in [2.24, 2.45) is 0 Å². The minimum atomic E-state index is -1.12. The van der Waals surface area contributed by atoms with Crippen LogP contribution in [0.1, 0.15) is 12.8 Å². The van der Waals surface area contributed by atoms with Crippen molar-refractivity contribution in [1.29, 1.82) is 0 Å². The van der Waals surface area contributed by atoms with Crippen LogP contribution in [0.2, 0.25) is 0 Å². The van der Waals surface area contributed by atoms with E-state index in [1.165, 1.54) is 0 Å². The summed E-state index contributed by atoms with van der Waals surface area (Å²) in [6.07, 6.45) is 0.573. The van der Waals surface area contributed by atoms with E-state index >= 15 is 0 Å². The van der Waals surface area contributed by atoms with Crippen molar-refractivity contribution < 1.29 is 19.3 Å². The highest BCUT2D eigenvalue weighted by molar-refractivity contribution is 5.79. The molecular weight excluding hydrogens is 260 g/mol. The molecule has 0 amide bonds. The van der Waals surface area contributed by atoms with E-state index in [2.05, 4.69) is 14.8 Å². The van der Waals surface area contributed by atoms with E-state index in [0.717, 1.165) is 6.33 Å². The maximum Gasteiger partial charge on any atom is 0.400 e. The van der Waals surface area contributed by atoms with Crippen LogP contribution in [0.5, 0.6) is 0 Å². The Morgan fingerprint density at radius 2 is 1.68 bits per heavy atom. The molecule has 0 aliphatic carbocycles. The quantitative estimate of drug-likeness (QED) is 0.562. The van der Waals surface area contributed by atoms with Gasteiger partial charge in [0.05, 0.1) is 19.2 Å². The van der Waals surface area contributed by atoms with Gasteiger partial charge in [0.1, 0.15) is 0 Å². The van der Waals surface area contributed by atoms with Gasteiger partial charge in [-0.2, -0.15) is 0 Å². The molecule has 10 nitrogen and oxygen atoms in total. The molecule has 1 aliphatic rings. The minimum Gasteiger partial charge on any atom is -0.339 e. The Labute approximate surface area is 103 Å². The molecule has 0 radical (unpaired) electrons. The molecule has 19 heavy (non-hydrogen) atoms. The van der Waals surface area contributed by atoms with Crippen molar-refractivity contribution in [2.45, 2.75) is 12.8 Å². The van der Waals surface area contributed by atoms with Crippen molar-refractivity contribution in [2.75, 3.05) is 0 Å². The number of fused-ring (bicyclic) bond motifs is 4. The largest absolute Gasteiger partial charge is 0.400 e. The summed E-state index contributed by atoms with van der Waals surface area (Å²) in [4.78, 5) is 62.2. The lowest BCUT2D eigenvalue weighted by Gasteiger charge is -2.06. The number of nitrogens with one attached hydrogen (secondary N) is 1. The highest BCUT2D eigenvalue weighted by Crippen LogP contribution is 2.02. The molecule has 3 rings (SSSR count). The summed E-state index contributed by atoms with van der Waals surface area (Å²) in [5, 5.41) is 0. The second-order valence-corrected chi connectivity index (χ2v) is 3.70. The third kappa shape index (κ3) is 1.61. The minimum absolute atomic E-state index is 0.123. The molecule has 0 atom stereocenters. The maximum atomic E-state index is 11.9. The summed E-state index contributed by atoms with van der Waals surface area (Å²) in [7, 11) is 0. The van der Waals surface area contributed by atoms with Crippen molar-refractivity contribution >= 4 is 23.1 Å². The first-order valence-electron chi connectivity index (χ1n) is 5.21. The number of aromatic nitrogens is 4. The smallest absolute Gasteiger partial charge is 0.339 e. The predicted molar refractivity (Wildman–Crippen MR) is 57.0 cm³/mol. The summed E-state index contributed by atoms with van der Waals surface area (Å²) in [5.74, 6) is -1.70. The van der Waals surface area contributed by atoms with Crippen LogP contribution in [0.4, 0.5) is 0 Å². The van der Waals surface area contributed by atoms with E-state index in [1.807, 2.05) is 0 Å². The highest BCUT2D eigenvalue weighted by Gasteiger charge is 2.23. The summed E-state index contributed by atoms with van der Waals surface area (Å²) in [6, 6.07) is 0. The van der Waals surface area contributed by atoms with Crippen LogP contribution in [0.3, 0.4) is 0 Å². The number of H-pyrrole nitrogens is 1. The Bertz CT molecular complexity index is 812. The van der Waals surface area contributed by atoms with Gasteiger partial charge in [-0.05, 0) is 0 Å². The number of imidazole rings is 1. The molecule has 98 valence electrons. The Morgan fingerprint density at radius 3 is 2.37 bits per heavy atom. The van der Waals surface area contributed by atoms with E-state index in [4.69, 9.17) is 4.84 Å². The number of nitrogens with zero attached hydrogens (tertiary/aromatic N) is 3. The number of aromatic amines is 1. The van der Waals surface area contributed by atoms with Crippen molar-refractivity contribution in [3.63, 3.8) is 0 Å². The number of hydrogen-bond acceptors (Lipinski definition) is 7. The van der Waals surface area contributed by atoms with E-state index in [-0.39, 0.29) is 28.7 Å². The molecular formula is C9H6N4O6. The zero-order valence-corrected chi connectivity index (χ0v) is 9.28. The third-order valence-corrected chi connectivity index (χ3v) is 2.48. The van der Waals surface area contributed by atoms with Crippen LogP contribution in [0, 0.1) is 0 Å².